The van der Waals surface area contributed by atoms with Crippen LogP contribution in [0.5, 0.6) is 0 Å². The number of anilines is 2. The van der Waals surface area contributed by atoms with E-state index in [2.05, 4.69) is 5.32 Å². The van der Waals surface area contributed by atoms with Gasteiger partial charge in [-0.1, -0.05) is 24.3 Å². The lowest BCUT2D eigenvalue weighted by Gasteiger charge is -2.48. The third kappa shape index (κ3) is 4.02. The summed E-state index contributed by atoms with van der Waals surface area (Å²) in [5, 5.41) is 3.10. The minimum absolute atomic E-state index is 0. The average molecular weight is 416 g/mol. The number of nitrogens with one attached hydrogen (secondary N) is 1. The molecule has 0 spiro atoms. The third-order valence-electron chi connectivity index (χ3n) is 4.54. The summed E-state index contributed by atoms with van der Waals surface area (Å²) in [6.07, 6.45) is 0.607. The first-order valence-electron chi connectivity index (χ1n) is 8.74. The van der Waals surface area contributed by atoms with Crippen molar-refractivity contribution in [3.05, 3.63) is 59.9 Å². The quantitative estimate of drug-likeness (QED) is 0.604. The van der Waals surface area contributed by atoms with Gasteiger partial charge in [-0.3, -0.25) is 9.11 Å². The number of hydrogen-bond donors (Lipinski definition) is 3. The molecular formula is C19H27ClFN3O2S. The van der Waals surface area contributed by atoms with Gasteiger partial charge in [-0.15, -0.1) is 12.4 Å². The summed E-state index contributed by atoms with van der Waals surface area (Å²) in [5.41, 5.74) is 2.26. The molecule has 0 saturated carbocycles. The van der Waals surface area contributed by atoms with Gasteiger partial charge in [0.2, 0.25) is 0 Å². The molecule has 0 saturated heterocycles. The Kier molecular flexibility index (Phi) is 6.99. The second kappa shape index (κ2) is 8.67. The molecule has 1 atom stereocenters. The van der Waals surface area contributed by atoms with Crippen molar-refractivity contribution in [3.8, 4) is 0 Å². The lowest BCUT2D eigenvalue weighted by atomic mass is 10.0. The van der Waals surface area contributed by atoms with Gasteiger partial charge in [-0.05, 0) is 74.7 Å². The second-order valence-corrected chi connectivity index (χ2v) is 8.45. The Morgan fingerprint density at radius 3 is 2.22 bits per heavy atom. The van der Waals surface area contributed by atoms with Crippen LogP contribution in [0.3, 0.4) is 0 Å². The van der Waals surface area contributed by atoms with Crippen LogP contribution in [0.25, 0.3) is 0 Å². The van der Waals surface area contributed by atoms with Crippen LogP contribution in [-0.4, -0.2) is 28.7 Å². The maximum absolute atomic E-state index is 13.9. The Morgan fingerprint density at radius 2 is 1.67 bits per heavy atom. The molecule has 1 aliphatic heterocycles. The summed E-state index contributed by atoms with van der Waals surface area (Å²) in [4.78, 5) is 0. The summed E-state index contributed by atoms with van der Waals surface area (Å²) in [7, 11) is -1.41. The molecule has 0 fully saturated rings. The molecule has 3 rings (SSSR count). The molecule has 2 aromatic rings. The molecular weight excluding hydrogens is 389 g/mol. The van der Waals surface area contributed by atoms with Gasteiger partial charge < -0.3 is 5.32 Å². The van der Waals surface area contributed by atoms with Crippen LogP contribution in [0.4, 0.5) is 15.8 Å². The normalized spacial score (nSPS) is 17.4. The smallest absolute Gasteiger partial charge is 0.123 e. The van der Waals surface area contributed by atoms with Crippen molar-refractivity contribution >= 4 is 34.7 Å². The van der Waals surface area contributed by atoms with Gasteiger partial charge in [0, 0.05) is 6.04 Å². The first kappa shape index (κ1) is 21.8. The van der Waals surface area contributed by atoms with E-state index >= 15 is 0 Å². The molecule has 0 aliphatic carbocycles. The summed E-state index contributed by atoms with van der Waals surface area (Å²) in [6.45, 7) is 4.52. The van der Waals surface area contributed by atoms with E-state index < -0.39 is 11.0 Å². The van der Waals surface area contributed by atoms with Gasteiger partial charge in [-0.2, -0.15) is 0 Å². The highest BCUT2D eigenvalue weighted by Gasteiger charge is 2.45. The monoisotopic (exact) mass is 415 g/mol. The van der Waals surface area contributed by atoms with Crippen molar-refractivity contribution in [3.63, 3.8) is 0 Å². The van der Waals surface area contributed by atoms with Crippen molar-refractivity contribution in [1.82, 2.24) is 5.32 Å². The highest BCUT2D eigenvalue weighted by Crippen LogP contribution is 2.65. The topological polar surface area (TPSA) is 59.0 Å². The largest absolute Gasteiger partial charge is 0.320 e. The zero-order valence-electron chi connectivity index (χ0n) is 15.7. The van der Waals surface area contributed by atoms with E-state index in [-0.39, 0.29) is 30.3 Å². The number of para-hydroxylation sites is 2. The fourth-order valence-corrected chi connectivity index (χ4v) is 5.67. The van der Waals surface area contributed by atoms with Crippen LogP contribution >= 0.6 is 23.4 Å². The lowest BCUT2D eigenvalue weighted by Crippen LogP contribution is -2.40. The molecule has 150 valence electrons. The van der Waals surface area contributed by atoms with Crippen molar-refractivity contribution in [2.24, 2.45) is 0 Å². The van der Waals surface area contributed by atoms with Crippen molar-refractivity contribution in [2.45, 2.75) is 32.4 Å². The molecule has 8 heteroatoms. The minimum Gasteiger partial charge on any atom is -0.320 e. The molecule has 5 nitrogen and oxygen atoms in total. The number of fused-ring (bicyclic) bond motifs is 1. The molecule has 1 aliphatic rings. The molecule has 0 unspecified atom stereocenters. The van der Waals surface area contributed by atoms with Crippen molar-refractivity contribution in [2.75, 3.05) is 22.2 Å². The molecule has 0 aromatic heterocycles. The van der Waals surface area contributed by atoms with Gasteiger partial charge in [0.05, 0.1) is 17.4 Å². The lowest BCUT2D eigenvalue weighted by molar-refractivity contribution is 0.461. The fourth-order valence-electron chi connectivity index (χ4n) is 3.51. The first-order valence-corrected chi connectivity index (χ1v) is 10.2. The molecule has 3 N–H and O–H groups in total. The number of nitrogens with zero attached hydrogens (tertiary/aromatic N) is 2. The standard InChI is InChI=1S/C19H26FN3O2S.ClH/c1-14(2)22-18-9-4-5-10-19(18)23(26(22,24)25)17(11-12-21-3)15-7-6-8-16(20)13-15;/h4-10,13-14,17,21,24-25H,11-12H2,1-3H3;1H/t17-;/m1./s1. The number of hydrogen-bond acceptors (Lipinski definition) is 5. The van der Waals surface area contributed by atoms with E-state index in [9.17, 15) is 13.5 Å². The summed E-state index contributed by atoms with van der Waals surface area (Å²) in [5.74, 6) is -0.332. The van der Waals surface area contributed by atoms with Gasteiger partial charge in [-0.25, -0.2) is 13.0 Å². The van der Waals surface area contributed by atoms with E-state index in [1.54, 1.807) is 14.7 Å². The molecule has 2 aromatic carbocycles. The van der Waals surface area contributed by atoms with Crippen LogP contribution in [0, 0.1) is 5.82 Å². The number of rotatable bonds is 6. The molecule has 27 heavy (non-hydrogen) atoms. The Morgan fingerprint density at radius 1 is 1.04 bits per heavy atom. The van der Waals surface area contributed by atoms with E-state index in [1.165, 1.54) is 12.1 Å². The molecule has 0 bridgehead atoms. The van der Waals surface area contributed by atoms with Gasteiger partial charge >= 0.3 is 0 Å². The van der Waals surface area contributed by atoms with Crippen molar-refractivity contribution in [1.29, 1.82) is 0 Å². The summed E-state index contributed by atoms with van der Waals surface area (Å²) < 4.78 is 39.6. The Balaban J connectivity index is 0.00000261. The van der Waals surface area contributed by atoms with Crippen LogP contribution in [0.15, 0.2) is 48.5 Å². The SMILES string of the molecule is CNCC[C@H](c1cccc(F)c1)N1c2ccccc2N(C(C)C)S1(O)O.Cl. The Labute approximate surface area is 168 Å². The number of halogens is 2. The summed E-state index contributed by atoms with van der Waals surface area (Å²) >= 11 is 0. The fraction of sp³-hybridized carbons (Fsp3) is 0.368. The van der Waals surface area contributed by atoms with E-state index in [0.717, 1.165) is 16.9 Å². The van der Waals surface area contributed by atoms with E-state index in [0.29, 0.717) is 13.0 Å². The van der Waals surface area contributed by atoms with Crippen LogP contribution in [-0.2, 0) is 0 Å². The van der Waals surface area contributed by atoms with E-state index in [1.807, 2.05) is 51.2 Å². The highest BCUT2D eigenvalue weighted by molar-refractivity contribution is 8.27. The molecule has 1 heterocycles. The van der Waals surface area contributed by atoms with Crippen LogP contribution in [0.2, 0.25) is 0 Å². The third-order valence-corrected chi connectivity index (χ3v) is 6.66. The Hall–Kier alpha value is -1.51. The van der Waals surface area contributed by atoms with Crippen LogP contribution in [0.1, 0.15) is 31.9 Å². The first-order chi connectivity index (χ1) is 12.4. The minimum atomic E-state index is -3.26. The molecule has 0 amide bonds. The maximum Gasteiger partial charge on any atom is 0.123 e. The second-order valence-electron chi connectivity index (χ2n) is 6.69. The van der Waals surface area contributed by atoms with E-state index in [4.69, 9.17) is 0 Å². The predicted octanol–water partition coefficient (Wildman–Crippen LogP) is 5.21. The predicted molar refractivity (Wildman–Crippen MR) is 114 cm³/mol. The molecule has 0 radical (unpaired) electrons. The average Bonchev–Trinajstić information content (AvgIpc) is 2.82. The maximum atomic E-state index is 13.9. The zero-order chi connectivity index (χ0) is 18.9. The van der Waals surface area contributed by atoms with Crippen molar-refractivity contribution < 1.29 is 13.5 Å². The van der Waals surface area contributed by atoms with Gasteiger partial charge in [0.15, 0.2) is 0 Å². The Bertz CT molecular complexity index is 778. The van der Waals surface area contributed by atoms with Gasteiger partial charge in [0.25, 0.3) is 0 Å². The summed E-state index contributed by atoms with van der Waals surface area (Å²) in [6, 6.07) is 13.4. The zero-order valence-corrected chi connectivity index (χ0v) is 17.3. The highest BCUT2D eigenvalue weighted by atomic mass is 35.5. The van der Waals surface area contributed by atoms with Crippen LogP contribution < -0.4 is 13.9 Å². The number of benzene rings is 2. The van der Waals surface area contributed by atoms with Gasteiger partial charge in [0.1, 0.15) is 5.82 Å².